The molecule has 3 rings (SSSR count). The Balaban J connectivity index is 1.73. The van der Waals surface area contributed by atoms with Crippen LogP contribution in [0, 0.1) is 28.6 Å². The second-order valence-corrected chi connectivity index (χ2v) is 9.62. The van der Waals surface area contributed by atoms with E-state index in [4.69, 9.17) is 10.8 Å². The van der Waals surface area contributed by atoms with Crippen LogP contribution >= 0.6 is 0 Å². The molecule has 170 valence electrons. The first-order chi connectivity index (χ1) is 14.5. The van der Waals surface area contributed by atoms with Gasteiger partial charge in [-0.1, -0.05) is 13.3 Å². The first-order valence-electron chi connectivity index (χ1n) is 10.0. The highest BCUT2D eigenvalue weighted by Gasteiger charge is 2.36. The summed E-state index contributed by atoms with van der Waals surface area (Å²) in [6.07, 6.45) is 0.180. The number of nitrogens with zero attached hydrogens (tertiary/aromatic N) is 3. The molecule has 1 fully saturated rings. The van der Waals surface area contributed by atoms with Crippen molar-refractivity contribution in [1.29, 1.82) is 10.8 Å². The lowest BCUT2D eigenvalue weighted by molar-refractivity contribution is -0.134. The summed E-state index contributed by atoms with van der Waals surface area (Å²) in [5, 5.41) is 16.9. The molecule has 0 amide bonds. The number of aromatic nitrogens is 3. The Kier molecular flexibility index (Phi) is 6.68. The molecular weight excluding hydrogens is 433 g/mol. The molecule has 0 aromatic carbocycles. The highest BCUT2D eigenvalue weighted by molar-refractivity contribution is 7.90. The van der Waals surface area contributed by atoms with Crippen molar-refractivity contribution in [2.75, 3.05) is 5.75 Å². The van der Waals surface area contributed by atoms with Gasteiger partial charge in [0.05, 0.1) is 17.5 Å². The van der Waals surface area contributed by atoms with Crippen molar-refractivity contribution < 1.29 is 21.6 Å². The Morgan fingerprint density at radius 3 is 2.84 bits per heavy atom. The summed E-state index contributed by atoms with van der Waals surface area (Å²) in [7, 11) is -3.97. The van der Waals surface area contributed by atoms with Crippen LogP contribution < -0.4 is 5.49 Å². The molecule has 0 radical (unpaired) electrons. The van der Waals surface area contributed by atoms with Gasteiger partial charge >= 0.3 is 6.18 Å². The van der Waals surface area contributed by atoms with Gasteiger partial charge in [-0.2, -0.15) is 17.6 Å². The van der Waals surface area contributed by atoms with Gasteiger partial charge in [0.15, 0.2) is 5.65 Å². The average Bonchev–Trinajstić information content (AvgIpc) is 3.31. The van der Waals surface area contributed by atoms with Gasteiger partial charge in [-0.05, 0) is 37.2 Å². The summed E-state index contributed by atoms with van der Waals surface area (Å²) in [4.78, 5) is 7.10. The molecule has 0 aliphatic heterocycles. The Morgan fingerprint density at radius 1 is 1.42 bits per heavy atom. The minimum absolute atomic E-state index is 0.0799. The topological polar surface area (TPSA) is 128 Å². The van der Waals surface area contributed by atoms with Gasteiger partial charge in [0.2, 0.25) is 0 Å². The molecule has 12 heteroatoms. The predicted molar refractivity (Wildman–Crippen MR) is 111 cm³/mol. The summed E-state index contributed by atoms with van der Waals surface area (Å²) in [6, 6.07) is 1.75. The molecule has 1 unspecified atom stereocenters. The number of hydrogen-bond donors (Lipinski definition) is 3. The zero-order chi connectivity index (χ0) is 22.8. The van der Waals surface area contributed by atoms with Crippen LogP contribution in [0.15, 0.2) is 22.9 Å². The number of halogens is 3. The lowest BCUT2D eigenvalue weighted by Gasteiger charge is -2.21. The Morgan fingerprint density at radius 2 is 2.16 bits per heavy atom. The van der Waals surface area contributed by atoms with Gasteiger partial charge in [-0.15, -0.1) is 0 Å². The van der Waals surface area contributed by atoms with Gasteiger partial charge in [-0.25, -0.2) is 13.4 Å². The van der Waals surface area contributed by atoms with E-state index in [2.05, 4.69) is 14.4 Å². The highest BCUT2D eigenvalue weighted by Crippen LogP contribution is 2.38. The third-order valence-corrected chi connectivity index (χ3v) is 6.89. The largest absolute Gasteiger partial charge is 0.389 e. The van der Waals surface area contributed by atoms with Gasteiger partial charge in [0.25, 0.3) is 10.0 Å². The molecule has 0 saturated heterocycles. The van der Waals surface area contributed by atoms with E-state index in [0.717, 1.165) is 6.42 Å². The van der Waals surface area contributed by atoms with Gasteiger partial charge < -0.3 is 4.98 Å². The van der Waals surface area contributed by atoms with Crippen molar-refractivity contribution in [2.24, 2.45) is 22.2 Å². The molecule has 0 spiro atoms. The third-order valence-electron chi connectivity index (χ3n) is 5.64. The zero-order valence-corrected chi connectivity index (χ0v) is 17.8. The summed E-state index contributed by atoms with van der Waals surface area (Å²) in [5.41, 5.74) is 1.27. The maximum atomic E-state index is 12.2. The molecule has 2 heterocycles. The maximum Gasteiger partial charge on any atom is 0.389 e. The Labute approximate surface area is 177 Å². The van der Waals surface area contributed by atoms with Crippen molar-refractivity contribution in [3.05, 3.63) is 23.9 Å². The Hall–Kier alpha value is -2.50. The van der Waals surface area contributed by atoms with E-state index in [-0.39, 0.29) is 29.1 Å². The standard InChI is InChI=1S/C19H25F3N6O2S/c1-2-13-8-12(10-27-31(29,30)7-3-5-19(20,21)22)9-14(13)17(24)28-15-4-6-25-18(15)26-11-16(28)23/h4,6,10-14,23-25H,2-3,5,7-9H2,1H3/t12?,13-,14+/m1/s1. The second-order valence-electron chi connectivity index (χ2n) is 7.84. The Bertz CT molecular complexity index is 1140. The smallest absolute Gasteiger partial charge is 0.345 e. The maximum absolute atomic E-state index is 12.2. The fourth-order valence-corrected chi connectivity index (χ4v) is 5.11. The minimum Gasteiger partial charge on any atom is -0.345 e. The predicted octanol–water partition coefficient (Wildman–Crippen LogP) is 3.46. The van der Waals surface area contributed by atoms with Crippen molar-refractivity contribution in [3.63, 3.8) is 0 Å². The van der Waals surface area contributed by atoms with Crippen LogP contribution in [0.5, 0.6) is 0 Å². The second kappa shape index (κ2) is 8.93. The van der Waals surface area contributed by atoms with E-state index < -0.39 is 34.8 Å². The molecule has 8 nitrogen and oxygen atoms in total. The molecule has 1 aliphatic carbocycles. The van der Waals surface area contributed by atoms with Crippen molar-refractivity contribution in [2.45, 2.75) is 45.2 Å². The van der Waals surface area contributed by atoms with Crippen LogP contribution in [0.25, 0.3) is 11.2 Å². The number of rotatable bonds is 7. The molecule has 2 aromatic rings. The van der Waals surface area contributed by atoms with E-state index in [1.54, 1.807) is 12.3 Å². The number of fused-ring (bicyclic) bond motifs is 1. The van der Waals surface area contributed by atoms with Crippen LogP contribution in [-0.4, -0.2) is 46.9 Å². The van der Waals surface area contributed by atoms with Crippen LogP contribution in [0.3, 0.4) is 0 Å². The van der Waals surface area contributed by atoms with Crippen molar-refractivity contribution >= 4 is 33.2 Å². The molecule has 0 bridgehead atoms. The number of aromatic amines is 1. The monoisotopic (exact) mass is 458 g/mol. The van der Waals surface area contributed by atoms with Crippen molar-refractivity contribution in [1.82, 2.24) is 14.5 Å². The first-order valence-corrected chi connectivity index (χ1v) is 11.6. The van der Waals surface area contributed by atoms with E-state index in [0.29, 0.717) is 24.0 Å². The molecular formula is C19H25F3N6O2S. The third kappa shape index (κ3) is 5.60. The van der Waals surface area contributed by atoms with Crippen molar-refractivity contribution in [3.8, 4) is 0 Å². The van der Waals surface area contributed by atoms with E-state index in [1.807, 2.05) is 6.92 Å². The fourth-order valence-electron chi connectivity index (χ4n) is 4.14. The normalized spacial score (nSPS) is 22.5. The lowest BCUT2D eigenvalue weighted by Crippen LogP contribution is -2.33. The van der Waals surface area contributed by atoms with Crippen LogP contribution in [0.2, 0.25) is 0 Å². The molecule has 2 aromatic heterocycles. The molecule has 1 aliphatic rings. The number of nitrogens with one attached hydrogen (secondary N) is 3. The first kappa shape index (κ1) is 23.2. The molecule has 31 heavy (non-hydrogen) atoms. The van der Waals surface area contributed by atoms with Gasteiger partial charge in [-0.3, -0.25) is 15.4 Å². The SMILES string of the molecule is CC[C@@H]1CC(C=NS(=O)(=O)CCCC(F)(F)F)C[C@@H]1C(=N)n1c(=N)cnc2[nH]ccc21. The van der Waals surface area contributed by atoms with Gasteiger partial charge in [0, 0.05) is 24.8 Å². The highest BCUT2D eigenvalue weighted by atomic mass is 32.2. The fraction of sp³-hybridized carbons (Fsp3) is 0.579. The summed E-state index contributed by atoms with van der Waals surface area (Å²) < 4.78 is 65.8. The molecule has 1 saturated carbocycles. The molecule has 3 N–H and O–H groups in total. The van der Waals surface area contributed by atoms with E-state index in [1.165, 1.54) is 17.0 Å². The molecule has 3 atom stereocenters. The zero-order valence-electron chi connectivity index (χ0n) is 17.0. The quantitative estimate of drug-likeness (QED) is 0.434. The van der Waals surface area contributed by atoms with E-state index in [9.17, 15) is 21.6 Å². The van der Waals surface area contributed by atoms with Gasteiger partial charge in [0.1, 0.15) is 11.3 Å². The number of H-pyrrole nitrogens is 1. The average molecular weight is 459 g/mol. The van der Waals surface area contributed by atoms with Crippen LogP contribution in [0.4, 0.5) is 13.2 Å². The van der Waals surface area contributed by atoms with Crippen LogP contribution in [0.1, 0.15) is 39.0 Å². The number of sulfonamides is 1. The lowest BCUT2D eigenvalue weighted by atomic mass is 9.92. The summed E-state index contributed by atoms with van der Waals surface area (Å²) in [5.74, 6) is -0.707. The van der Waals surface area contributed by atoms with Crippen LogP contribution in [-0.2, 0) is 10.0 Å². The summed E-state index contributed by atoms with van der Waals surface area (Å²) in [6.45, 7) is 1.99. The number of hydrogen-bond acceptors (Lipinski definition) is 5. The minimum atomic E-state index is -4.39. The summed E-state index contributed by atoms with van der Waals surface area (Å²) >= 11 is 0. The number of alkyl halides is 3. The van der Waals surface area contributed by atoms with E-state index >= 15 is 0 Å².